The number of hydrogen-bond donors (Lipinski definition) is 1. The van der Waals surface area contributed by atoms with Crippen molar-refractivity contribution in [3.63, 3.8) is 0 Å². The van der Waals surface area contributed by atoms with E-state index in [1.807, 2.05) is 5.38 Å². The summed E-state index contributed by atoms with van der Waals surface area (Å²) in [6, 6.07) is 6.30. The van der Waals surface area contributed by atoms with Gasteiger partial charge >= 0.3 is 8.25 Å². The predicted molar refractivity (Wildman–Crippen MR) is 126 cm³/mol. The highest BCUT2D eigenvalue weighted by molar-refractivity contribution is 7.32. The van der Waals surface area contributed by atoms with E-state index >= 15 is 0 Å². The molecule has 1 atom stereocenters. The number of thiophene rings is 3. The SMILES string of the molecule is CCCCCCCCC#Cc1ccc(-c2csc(-c3cscc3O[P+](=O)O)c2)s1. The van der Waals surface area contributed by atoms with Crippen LogP contribution in [0.5, 0.6) is 5.75 Å². The van der Waals surface area contributed by atoms with Gasteiger partial charge in [0.1, 0.15) is 0 Å². The maximum absolute atomic E-state index is 11.0. The van der Waals surface area contributed by atoms with Crippen LogP contribution in [0, 0.1) is 11.8 Å². The van der Waals surface area contributed by atoms with E-state index in [9.17, 15) is 4.57 Å². The van der Waals surface area contributed by atoms with E-state index in [0.717, 1.165) is 27.3 Å². The van der Waals surface area contributed by atoms with Gasteiger partial charge in [-0.05, 0) is 24.6 Å². The van der Waals surface area contributed by atoms with Crippen molar-refractivity contribution >= 4 is 42.3 Å². The minimum absolute atomic E-state index is 0.458. The van der Waals surface area contributed by atoms with E-state index in [1.54, 1.807) is 28.1 Å². The van der Waals surface area contributed by atoms with Crippen molar-refractivity contribution in [2.75, 3.05) is 0 Å². The second-order valence-electron chi connectivity index (χ2n) is 6.66. The Morgan fingerprint density at radius 1 is 1.07 bits per heavy atom. The Hall–Kier alpha value is -1.48. The summed E-state index contributed by atoms with van der Waals surface area (Å²) in [4.78, 5) is 12.3. The van der Waals surface area contributed by atoms with E-state index in [0.29, 0.717) is 5.75 Å². The third-order valence-corrected chi connectivity index (χ3v) is 7.51. The van der Waals surface area contributed by atoms with E-state index in [2.05, 4.69) is 42.3 Å². The van der Waals surface area contributed by atoms with Crippen molar-refractivity contribution < 1.29 is 14.0 Å². The molecule has 0 amide bonds. The van der Waals surface area contributed by atoms with Crippen LogP contribution in [0.1, 0.15) is 56.7 Å². The predicted octanol–water partition coefficient (Wildman–Crippen LogP) is 8.34. The van der Waals surface area contributed by atoms with Crippen molar-refractivity contribution in [2.24, 2.45) is 0 Å². The van der Waals surface area contributed by atoms with Crippen molar-refractivity contribution in [3.8, 4) is 38.5 Å². The van der Waals surface area contributed by atoms with Crippen LogP contribution in [0.2, 0.25) is 0 Å². The molecule has 0 fully saturated rings. The number of rotatable bonds is 10. The Morgan fingerprint density at radius 2 is 1.90 bits per heavy atom. The lowest BCUT2D eigenvalue weighted by Crippen LogP contribution is -1.79. The van der Waals surface area contributed by atoms with Crippen LogP contribution in [0.3, 0.4) is 0 Å². The topological polar surface area (TPSA) is 46.5 Å². The van der Waals surface area contributed by atoms with E-state index < -0.39 is 8.25 Å². The Kier molecular flexibility index (Phi) is 8.92. The molecule has 3 aromatic heterocycles. The molecule has 29 heavy (non-hydrogen) atoms. The average molecular weight is 464 g/mol. The van der Waals surface area contributed by atoms with Crippen molar-refractivity contribution in [3.05, 3.63) is 39.2 Å². The van der Waals surface area contributed by atoms with Crippen molar-refractivity contribution in [2.45, 2.75) is 51.9 Å². The van der Waals surface area contributed by atoms with E-state index in [4.69, 9.17) is 9.42 Å². The van der Waals surface area contributed by atoms with Crippen LogP contribution in [0.4, 0.5) is 0 Å². The lowest BCUT2D eigenvalue weighted by atomic mass is 10.1. The molecule has 3 nitrogen and oxygen atoms in total. The Labute approximate surface area is 185 Å². The Balaban J connectivity index is 1.57. The zero-order valence-corrected chi connectivity index (χ0v) is 19.7. The molecule has 0 saturated carbocycles. The summed E-state index contributed by atoms with van der Waals surface area (Å²) in [6.07, 6.45) is 8.74. The van der Waals surface area contributed by atoms with Gasteiger partial charge in [0.15, 0.2) is 0 Å². The molecule has 0 bridgehead atoms. The molecular weight excluding hydrogens is 439 g/mol. The standard InChI is InChI=1S/C22H23O3PS3/c1-2-3-4-5-6-7-8-9-10-18-11-12-21(29-18)17-13-22(28-14-17)19-15-27-16-20(19)25-26(23)24/h11-16H,2-8H2,1H3/p+1. The fourth-order valence-corrected chi connectivity index (χ4v) is 6.01. The minimum atomic E-state index is -2.66. The number of hydrogen-bond acceptors (Lipinski definition) is 5. The van der Waals surface area contributed by atoms with Gasteiger partial charge in [0, 0.05) is 42.4 Å². The first-order valence-corrected chi connectivity index (χ1v) is 13.5. The minimum Gasteiger partial charge on any atom is -0.228 e. The lowest BCUT2D eigenvalue weighted by molar-refractivity contribution is 0.412. The van der Waals surface area contributed by atoms with E-state index in [-0.39, 0.29) is 0 Å². The van der Waals surface area contributed by atoms with Crippen molar-refractivity contribution in [1.29, 1.82) is 0 Å². The molecule has 0 spiro atoms. The molecule has 0 aromatic carbocycles. The summed E-state index contributed by atoms with van der Waals surface area (Å²) in [5.74, 6) is 7.06. The molecular formula is C22H24O3PS3+. The molecule has 152 valence electrons. The number of unbranched alkanes of at least 4 members (excludes halogenated alkanes) is 6. The maximum Gasteiger partial charge on any atom is 0.747 e. The second-order valence-corrected chi connectivity index (χ2v) is 10.1. The van der Waals surface area contributed by atoms with Gasteiger partial charge in [0.05, 0.1) is 10.4 Å². The molecule has 0 aliphatic heterocycles. The summed E-state index contributed by atoms with van der Waals surface area (Å²) >= 11 is 4.77. The highest BCUT2D eigenvalue weighted by atomic mass is 32.1. The van der Waals surface area contributed by atoms with Gasteiger partial charge in [-0.2, -0.15) is 0 Å². The molecule has 1 N–H and O–H groups in total. The first-order valence-electron chi connectivity index (χ1n) is 9.75. The first-order chi connectivity index (χ1) is 14.2. The fraction of sp³-hybridized carbons (Fsp3) is 0.364. The van der Waals surface area contributed by atoms with Crippen LogP contribution < -0.4 is 4.52 Å². The average Bonchev–Trinajstić information content (AvgIpc) is 3.43. The summed E-state index contributed by atoms with van der Waals surface area (Å²) in [6.45, 7) is 2.24. The smallest absolute Gasteiger partial charge is 0.228 e. The van der Waals surface area contributed by atoms with Crippen LogP contribution >= 0.6 is 42.3 Å². The second kappa shape index (κ2) is 11.6. The highest BCUT2D eigenvalue weighted by Gasteiger charge is 2.20. The molecule has 3 aromatic rings. The highest BCUT2D eigenvalue weighted by Crippen LogP contribution is 2.42. The lowest BCUT2D eigenvalue weighted by Gasteiger charge is -1.96. The molecule has 1 unspecified atom stereocenters. The molecule has 0 radical (unpaired) electrons. The Morgan fingerprint density at radius 3 is 2.72 bits per heavy atom. The third-order valence-electron chi connectivity index (χ3n) is 4.43. The van der Waals surface area contributed by atoms with Crippen LogP contribution in [0.15, 0.2) is 34.3 Å². The molecule has 3 rings (SSSR count). The molecule has 7 heteroatoms. The van der Waals surface area contributed by atoms with E-state index in [1.165, 1.54) is 54.7 Å². The summed E-state index contributed by atoms with van der Waals surface area (Å²) < 4.78 is 16.0. The Bertz CT molecular complexity index is 990. The van der Waals surface area contributed by atoms with Gasteiger partial charge in [-0.15, -0.1) is 38.9 Å². The molecule has 3 heterocycles. The zero-order chi connectivity index (χ0) is 20.5. The summed E-state index contributed by atoms with van der Waals surface area (Å²) in [5, 5.41) is 5.80. The first kappa shape index (κ1) is 22.2. The summed E-state index contributed by atoms with van der Waals surface area (Å²) in [7, 11) is -2.66. The summed E-state index contributed by atoms with van der Waals surface area (Å²) in [5.41, 5.74) is 2.00. The molecule has 0 aliphatic rings. The van der Waals surface area contributed by atoms with Gasteiger partial charge in [-0.3, -0.25) is 0 Å². The third kappa shape index (κ3) is 6.77. The van der Waals surface area contributed by atoms with Gasteiger partial charge in [0.25, 0.3) is 0 Å². The van der Waals surface area contributed by atoms with Gasteiger partial charge in [-0.25, -0.2) is 4.52 Å². The largest absolute Gasteiger partial charge is 0.747 e. The van der Waals surface area contributed by atoms with Gasteiger partial charge < -0.3 is 0 Å². The van der Waals surface area contributed by atoms with Gasteiger partial charge in [-0.1, -0.05) is 50.9 Å². The quantitative estimate of drug-likeness (QED) is 0.187. The maximum atomic E-state index is 11.0. The zero-order valence-electron chi connectivity index (χ0n) is 16.3. The normalized spacial score (nSPS) is 11.2. The van der Waals surface area contributed by atoms with Crippen molar-refractivity contribution in [1.82, 2.24) is 0 Å². The van der Waals surface area contributed by atoms with Crippen LogP contribution in [-0.2, 0) is 4.57 Å². The van der Waals surface area contributed by atoms with Gasteiger partial charge in [0.2, 0.25) is 5.75 Å². The van der Waals surface area contributed by atoms with Crippen LogP contribution in [-0.4, -0.2) is 4.89 Å². The molecule has 0 aliphatic carbocycles. The monoisotopic (exact) mass is 463 g/mol. The molecule has 0 saturated heterocycles. The van der Waals surface area contributed by atoms with Crippen LogP contribution in [0.25, 0.3) is 20.9 Å². The fourth-order valence-electron chi connectivity index (χ4n) is 2.93.